The van der Waals surface area contributed by atoms with Crippen molar-refractivity contribution in [2.24, 2.45) is 0 Å². The van der Waals surface area contributed by atoms with Crippen LogP contribution in [0, 0.1) is 6.92 Å². The van der Waals surface area contributed by atoms with E-state index in [0.717, 1.165) is 18.4 Å². The summed E-state index contributed by atoms with van der Waals surface area (Å²) in [5.74, 6) is -1.01. The Morgan fingerprint density at radius 2 is 1.67 bits per heavy atom. The lowest BCUT2D eigenvalue weighted by atomic mass is 10.0. The molecule has 3 amide bonds. The summed E-state index contributed by atoms with van der Waals surface area (Å²) in [4.78, 5) is 41.2. The number of nitrogens with zero attached hydrogens (tertiary/aromatic N) is 1. The van der Waals surface area contributed by atoms with Crippen LogP contribution in [0.5, 0.6) is 5.75 Å². The maximum atomic E-state index is 13.7. The fraction of sp³-hybridized carbons (Fsp3) is 0.464. The Morgan fingerprint density at radius 3 is 2.28 bits per heavy atom. The minimum atomic E-state index is -1.11. The number of ether oxygens (including phenoxy) is 1. The average Bonchev–Trinajstić information content (AvgIpc) is 2.79. The Bertz CT molecular complexity index is 1050. The Labute approximate surface area is 214 Å². The van der Waals surface area contributed by atoms with Gasteiger partial charge in [0.2, 0.25) is 5.91 Å². The Balaban J connectivity index is 2.44. The van der Waals surface area contributed by atoms with Gasteiger partial charge in [0.25, 0.3) is 5.91 Å². The number of aromatic hydroxyl groups is 1. The first kappa shape index (κ1) is 28.7. The van der Waals surface area contributed by atoms with Gasteiger partial charge in [0.1, 0.15) is 23.4 Å². The lowest BCUT2D eigenvalue weighted by Crippen LogP contribution is -2.51. The van der Waals surface area contributed by atoms with E-state index in [0.29, 0.717) is 17.7 Å². The largest absolute Gasteiger partial charge is 0.508 e. The van der Waals surface area contributed by atoms with E-state index in [1.165, 1.54) is 11.0 Å². The molecule has 36 heavy (non-hydrogen) atoms. The van der Waals surface area contributed by atoms with Gasteiger partial charge in [0.15, 0.2) is 0 Å². The van der Waals surface area contributed by atoms with Crippen LogP contribution in [0.15, 0.2) is 48.5 Å². The van der Waals surface area contributed by atoms with E-state index >= 15 is 0 Å². The molecule has 0 radical (unpaired) electrons. The monoisotopic (exact) mass is 497 g/mol. The number of unbranched alkanes of at least 4 members (excludes halogenated alkanes) is 2. The van der Waals surface area contributed by atoms with Crippen LogP contribution >= 0.6 is 0 Å². The van der Waals surface area contributed by atoms with Gasteiger partial charge in [-0.2, -0.15) is 0 Å². The van der Waals surface area contributed by atoms with Crippen molar-refractivity contribution in [3.8, 4) is 5.75 Å². The Morgan fingerprint density at radius 1 is 1.03 bits per heavy atom. The zero-order valence-electron chi connectivity index (χ0n) is 22.1. The molecule has 0 aliphatic carbocycles. The number of amides is 3. The summed E-state index contributed by atoms with van der Waals surface area (Å²) in [7, 11) is 0. The molecule has 0 saturated heterocycles. The number of carbonyl (C=O) groups excluding carboxylic acids is 3. The van der Waals surface area contributed by atoms with E-state index in [4.69, 9.17) is 4.74 Å². The third-order valence-corrected chi connectivity index (χ3v) is 5.58. The highest BCUT2D eigenvalue weighted by atomic mass is 16.6. The van der Waals surface area contributed by atoms with Gasteiger partial charge in [0.05, 0.1) is 0 Å². The topological polar surface area (TPSA) is 108 Å². The van der Waals surface area contributed by atoms with Crippen LogP contribution in [0.2, 0.25) is 0 Å². The van der Waals surface area contributed by atoms with Crippen LogP contribution in [-0.2, 0) is 14.3 Å². The lowest BCUT2D eigenvalue weighted by Gasteiger charge is -2.34. The molecule has 0 bridgehead atoms. The van der Waals surface area contributed by atoms with Crippen molar-refractivity contribution in [2.45, 2.75) is 78.5 Å². The number of rotatable bonds is 10. The maximum Gasteiger partial charge on any atom is 0.408 e. The SMILES string of the molecule is CCCCCN(C(=O)C(C)NC(=O)OC(C)(C)C)C(C(=O)Nc1ccccc1C)c1ccccc1O. The summed E-state index contributed by atoms with van der Waals surface area (Å²) < 4.78 is 5.30. The molecule has 0 aliphatic heterocycles. The van der Waals surface area contributed by atoms with Crippen LogP contribution in [0.3, 0.4) is 0 Å². The molecule has 0 fully saturated rings. The molecule has 0 aromatic heterocycles. The van der Waals surface area contributed by atoms with Crippen LogP contribution in [0.1, 0.15) is 71.0 Å². The molecule has 0 spiro atoms. The minimum Gasteiger partial charge on any atom is -0.508 e. The molecule has 2 atom stereocenters. The Kier molecular flexibility index (Phi) is 10.3. The highest BCUT2D eigenvalue weighted by Gasteiger charge is 2.36. The molecule has 3 N–H and O–H groups in total. The fourth-order valence-corrected chi connectivity index (χ4v) is 3.78. The van der Waals surface area contributed by atoms with Gasteiger partial charge in [-0.05, 0) is 58.7 Å². The van der Waals surface area contributed by atoms with Gasteiger partial charge in [-0.25, -0.2) is 4.79 Å². The van der Waals surface area contributed by atoms with E-state index in [-0.39, 0.29) is 12.3 Å². The number of anilines is 1. The van der Waals surface area contributed by atoms with Gasteiger partial charge >= 0.3 is 6.09 Å². The summed E-state index contributed by atoms with van der Waals surface area (Å²) in [6.45, 7) is 11.0. The van der Waals surface area contributed by atoms with E-state index in [9.17, 15) is 19.5 Å². The number of para-hydroxylation sites is 2. The second kappa shape index (κ2) is 13.0. The number of hydrogen-bond donors (Lipinski definition) is 3. The number of phenols is 1. The van der Waals surface area contributed by atoms with E-state index in [2.05, 4.69) is 10.6 Å². The number of nitrogens with one attached hydrogen (secondary N) is 2. The first-order chi connectivity index (χ1) is 16.9. The summed E-state index contributed by atoms with van der Waals surface area (Å²) in [5.41, 5.74) is 1.06. The lowest BCUT2D eigenvalue weighted by molar-refractivity contribution is -0.140. The van der Waals surface area contributed by atoms with Crippen LogP contribution in [0.25, 0.3) is 0 Å². The molecule has 8 nitrogen and oxygen atoms in total. The van der Waals surface area contributed by atoms with Crippen molar-refractivity contribution in [3.05, 3.63) is 59.7 Å². The molecular weight excluding hydrogens is 458 g/mol. The van der Waals surface area contributed by atoms with Gasteiger partial charge in [-0.15, -0.1) is 0 Å². The Hall–Kier alpha value is -3.55. The predicted octanol–water partition coefficient (Wildman–Crippen LogP) is 5.31. The normalized spacial score (nSPS) is 12.8. The van der Waals surface area contributed by atoms with E-state index < -0.39 is 35.6 Å². The summed E-state index contributed by atoms with van der Waals surface area (Å²) >= 11 is 0. The molecule has 2 aromatic carbocycles. The number of benzene rings is 2. The molecule has 2 rings (SSSR count). The number of phenolic OH excluding ortho intramolecular Hbond substituents is 1. The van der Waals surface area contributed by atoms with Gasteiger partial charge in [-0.3, -0.25) is 9.59 Å². The number of alkyl carbamates (subject to hydrolysis) is 1. The zero-order valence-corrected chi connectivity index (χ0v) is 22.1. The molecule has 8 heteroatoms. The minimum absolute atomic E-state index is 0.0940. The summed E-state index contributed by atoms with van der Waals surface area (Å²) in [5, 5.41) is 16.2. The molecular formula is C28H39N3O5. The molecule has 2 unspecified atom stereocenters. The third kappa shape index (κ3) is 8.29. The zero-order chi connectivity index (χ0) is 26.9. The smallest absolute Gasteiger partial charge is 0.408 e. The number of aryl methyl sites for hydroxylation is 1. The van der Waals surface area contributed by atoms with Crippen molar-refractivity contribution in [1.29, 1.82) is 0 Å². The fourth-order valence-electron chi connectivity index (χ4n) is 3.78. The van der Waals surface area contributed by atoms with Crippen molar-refractivity contribution in [3.63, 3.8) is 0 Å². The highest BCUT2D eigenvalue weighted by molar-refractivity contribution is 5.99. The number of carbonyl (C=O) groups is 3. The van der Waals surface area contributed by atoms with Crippen LogP contribution in [0.4, 0.5) is 10.5 Å². The van der Waals surface area contributed by atoms with Gasteiger partial charge in [-0.1, -0.05) is 56.2 Å². The number of hydrogen-bond acceptors (Lipinski definition) is 5. The van der Waals surface area contributed by atoms with E-state index in [1.54, 1.807) is 52.0 Å². The highest BCUT2D eigenvalue weighted by Crippen LogP contribution is 2.31. The first-order valence-corrected chi connectivity index (χ1v) is 12.4. The summed E-state index contributed by atoms with van der Waals surface area (Å²) in [6.07, 6.45) is 1.71. The van der Waals surface area contributed by atoms with Crippen molar-refractivity contribution in [1.82, 2.24) is 10.2 Å². The molecule has 0 saturated carbocycles. The third-order valence-electron chi connectivity index (χ3n) is 5.58. The quantitative estimate of drug-likeness (QED) is 0.386. The van der Waals surface area contributed by atoms with Crippen molar-refractivity contribution < 1.29 is 24.2 Å². The van der Waals surface area contributed by atoms with E-state index in [1.807, 2.05) is 32.0 Å². The van der Waals surface area contributed by atoms with Gasteiger partial charge in [0, 0.05) is 17.8 Å². The average molecular weight is 498 g/mol. The van der Waals surface area contributed by atoms with Gasteiger partial charge < -0.3 is 25.4 Å². The molecule has 0 heterocycles. The summed E-state index contributed by atoms with van der Waals surface area (Å²) in [6, 6.07) is 11.8. The van der Waals surface area contributed by atoms with Crippen molar-refractivity contribution in [2.75, 3.05) is 11.9 Å². The maximum absolute atomic E-state index is 13.7. The standard InChI is InChI=1S/C28H39N3O5/c1-7-8-13-18-31(26(34)20(3)29-27(35)36-28(4,5)6)24(21-15-10-12-17-23(21)32)25(33)30-22-16-11-9-14-19(22)2/h9-12,14-17,20,24,32H,7-8,13,18H2,1-6H3,(H,29,35)(H,30,33). The molecule has 2 aromatic rings. The molecule has 196 valence electrons. The predicted molar refractivity (Wildman–Crippen MR) is 141 cm³/mol. The van der Waals surface area contributed by atoms with Crippen LogP contribution in [-0.4, -0.2) is 46.1 Å². The second-order valence-electron chi connectivity index (χ2n) is 9.87. The molecule has 0 aliphatic rings. The first-order valence-electron chi connectivity index (χ1n) is 12.4. The van der Waals surface area contributed by atoms with Crippen LogP contribution < -0.4 is 10.6 Å². The van der Waals surface area contributed by atoms with Crippen molar-refractivity contribution >= 4 is 23.6 Å². The second-order valence-corrected chi connectivity index (χ2v) is 9.87.